The van der Waals surface area contributed by atoms with Crippen LogP contribution >= 0.6 is 0 Å². The summed E-state index contributed by atoms with van der Waals surface area (Å²) < 4.78 is 4.81. The van der Waals surface area contributed by atoms with Crippen molar-refractivity contribution in [3.8, 4) is 5.75 Å². The SMILES string of the molecule is CCc1ccc(CC2CCCN(CCCCc3c[nH]c4ccc(OC(=O)O)cc34)C2)cc1. The van der Waals surface area contributed by atoms with Gasteiger partial charge in [0.2, 0.25) is 0 Å². The van der Waals surface area contributed by atoms with Crippen LogP contribution in [0.2, 0.25) is 0 Å². The molecule has 2 N–H and O–H groups in total. The third-order valence-corrected chi connectivity index (χ3v) is 6.67. The molecule has 1 atom stereocenters. The van der Waals surface area contributed by atoms with E-state index in [0.717, 1.165) is 42.6 Å². The van der Waals surface area contributed by atoms with E-state index in [4.69, 9.17) is 9.84 Å². The molecule has 5 heteroatoms. The van der Waals surface area contributed by atoms with Crippen LogP contribution in [0, 0.1) is 5.92 Å². The first kappa shape index (κ1) is 22.4. The summed E-state index contributed by atoms with van der Waals surface area (Å²) in [7, 11) is 0. The van der Waals surface area contributed by atoms with Crippen molar-refractivity contribution in [1.82, 2.24) is 9.88 Å². The Morgan fingerprint density at radius 3 is 2.75 bits per heavy atom. The molecule has 4 rings (SSSR count). The first-order chi connectivity index (χ1) is 15.6. The number of fused-ring (bicyclic) bond motifs is 1. The molecule has 1 aliphatic rings. The lowest BCUT2D eigenvalue weighted by atomic mass is 9.90. The first-order valence-electron chi connectivity index (χ1n) is 11.9. The summed E-state index contributed by atoms with van der Waals surface area (Å²) in [5.74, 6) is 1.13. The van der Waals surface area contributed by atoms with Gasteiger partial charge in [-0.2, -0.15) is 0 Å². The van der Waals surface area contributed by atoms with Crippen molar-refractivity contribution >= 4 is 17.1 Å². The van der Waals surface area contributed by atoms with Gasteiger partial charge in [0.1, 0.15) is 5.75 Å². The Labute approximate surface area is 190 Å². The number of unbranched alkanes of at least 4 members (excludes halogenated alkanes) is 1. The first-order valence-corrected chi connectivity index (χ1v) is 11.9. The second kappa shape index (κ2) is 10.7. The summed E-state index contributed by atoms with van der Waals surface area (Å²) in [5.41, 5.74) is 5.13. The molecular formula is C27H34N2O3. The summed E-state index contributed by atoms with van der Waals surface area (Å²) in [5, 5.41) is 9.90. The lowest BCUT2D eigenvalue weighted by Gasteiger charge is -2.33. The Morgan fingerprint density at radius 1 is 1.16 bits per heavy atom. The quantitative estimate of drug-likeness (QED) is 0.244. The summed E-state index contributed by atoms with van der Waals surface area (Å²) in [6.07, 6.45) is 8.97. The maximum Gasteiger partial charge on any atom is 0.511 e. The molecule has 0 radical (unpaired) electrons. The minimum absolute atomic E-state index is 0.370. The van der Waals surface area contributed by atoms with E-state index in [0.29, 0.717) is 5.75 Å². The highest BCUT2D eigenvalue weighted by Crippen LogP contribution is 2.26. The zero-order valence-corrected chi connectivity index (χ0v) is 19.0. The monoisotopic (exact) mass is 434 g/mol. The number of rotatable bonds is 9. The topological polar surface area (TPSA) is 65.6 Å². The van der Waals surface area contributed by atoms with Gasteiger partial charge in [0.15, 0.2) is 0 Å². The van der Waals surface area contributed by atoms with Gasteiger partial charge in [-0.3, -0.25) is 0 Å². The van der Waals surface area contributed by atoms with E-state index in [1.807, 2.05) is 18.3 Å². The number of aromatic amines is 1. The molecule has 2 aromatic carbocycles. The number of nitrogens with one attached hydrogen (secondary N) is 1. The molecule has 3 aromatic rings. The van der Waals surface area contributed by atoms with Gasteiger partial charge in [-0.15, -0.1) is 0 Å². The van der Waals surface area contributed by atoms with Crippen molar-refractivity contribution in [2.24, 2.45) is 5.92 Å². The van der Waals surface area contributed by atoms with Crippen LogP contribution in [0.5, 0.6) is 5.75 Å². The number of benzene rings is 2. The Balaban J connectivity index is 1.24. The fraction of sp³-hybridized carbons (Fsp3) is 0.444. The molecule has 0 spiro atoms. The standard InChI is InChI=1S/C27H34N2O3/c1-2-20-8-10-21(11-9-20)16-22-6-5-15-29(19-22)14-4-3-7-23-18-28-26-13-12-24(17-25(23)26)32-27(30)31/h8-13,17-18,22,28H,2-7,14-16,19H2,1H3,(H,30,31). The van der Waals surface area contributed by atoms with Gasteiger partial charge in [0, 0.05) is 23.6 Å². The van der Waals surface area contributed by atoms with Gasteiger partial charge in [-0.05, 0) is 98.8 Å². The summed E-state index contributed by atoms with van der Waals surface area (Å²) in [4.78, 5) is 16.7. The van der Waals surface area contributed by atoms with E-state index in [-0.39, 0.29) is 0 Å². The molecule has 32 heavy (non-hydrogen) atoms. The highest BCUT2D eigenvalue weighted by atomic mass is 16.7. The minimum atomic E-state index is -1.28. The van der Waals surface area contributed by atoms with Crippen molar-refractivity contribution in [3.63, 3.8) is 0 Å². The lowest BCUT2D eigenvalue weighted by molar-refractivity contribution is 0.144. The lowest BCUT2D eigenvalue weighted by Crippen LogP contribution is -2.36. The molecule has 0 saturated carbocycles. The van der Waals surface area contributed by atoms with Crippen LogP contribution in [0.1, 0.15) is 49.3 Å². The van der Waals surface area contributed by atoms with Gasteiger partial charge in [-0.25, -0.2) is 4.79 Å². The van der Waals surface area contributed by atoms with E-state index >= 15 is 0 Å². The average molecular weight is 435 g/mol. The Morgan fingerprint density at radius 2 is 1.97 bits per heavy atom. The Hall–Kier alpha value is -2.79. The molecule has 1 aliphatic heterocycles. The van der Waals surface area contributed by atoms with Crippen LogP contribution in [-0.2, 0) is 19.3 Å². The van der Waals surface area contributed by atoms with Gasteiger partial charge in [0.05, 0.1) is 0 Å². The summed E-state index contributed by atoms with van der Waals surface area (Å²) >= 11 is 0. The van der Waals surface area contributed by atoms with Gasteiger partial charge in [-0.1, -0.05) is 31.2 Å². The number of aromatic nitrogens is 1. The predicted molar refractivity (Wildman–Crippen MR) is 129 cm³/mol. The van der Waals surface area contributed by atoms with Crippen molar-refractivity contribution < 1.29 is 14.6 Å². The Bertz CT molecular complexity index is 1030. The van der Waals surface area contributed by atoms with E-state index in [1.54, 1.807) is 6.07 Å². The molecule has 0 bridgehead atoms. The van der Waals surface area contributed by atoms with Gasteiger partial charge in [0.25, 0.3) is 0 Å². The third kappa shape index (κ3) is 5.92. The number of hydrogen-bond acceptors (Lipinski definition) is 3. The fourth-order valence-electron chi connectivity index (χ4n) is 4.94. The van der Waals surface area contributed by atoms with Gasteiger partial charge < -0.3 is 19.7 Å². The van der Waals surface area contributed by atoms with Crippen molar-refractivity contribution in [3.05, 3.63) is 65.4 Å². The highest BCUT2D eigenvalue weighted by Gasteiger charge is 2.20. The molecule has 5 nitrogen and oxygen atoms in total. The van der Waals surface area contributed by atoms with E-state index in [1.165, 1.54) is 55.5 Å². The number of carboxylic acid groups (broad SMARTS) is 1. The van der Waals surface area contributed by atoms with Crippen LogP contribution in [0.25, 0.3) is 10.9 Å². The van der Waals surface area contributed by atoms with Crippen LogP contribution in [-0.4, -0.2) is 40.8 Å². The number of hydrogen-bond donors (Lipinski definition) is 2. The molecule has 0 amide bonds. The number of carbonyl (C=O) groups is 1. The molecule has 2 heterocycles. The second-order valence-electron chi connectivity index (χ2n) is 9.03. The van der Waals surface area contributed by atoms with Crippen molar-refractivity contribution in [1.29, 1.82) is 0 Å². The number of ether oxygens (including phenoxy) is 1. The zero-order chi connectivity index (χ0) is 22.3. The number of nitrogens with zero attached hydrogens (tertiary/aromatic N) is 1. The predicted octanol–water partition coefficient (Wildman–Crippen LogP) is 6.06. The zero-order valence-electron chi connectivity index (χ0n) is 19.0. The minimum Gasteiger partial charge on any atom is -0.449 e. The van der Waals surface area contributed by atoms with Gasteiger partial charge >= 0.3 is 6.16 Å². The molecule has 1 unspecified atom stereocenters. The molecule has 1 saturated heterocycles. The summed E-state index contributed by atoms with van der Waals surface area (Å²) in [6, 6.07) is 14.5. The average Bonchev–Trinajstić information content (AvgIpc) is 3.19. The number of H-pyrrole nitrogens is 1. The summed E-state index contributed by atoms with van der Waals surface area (Å²) in [6.45, 7) is 5.78. The van der Waals surface area contributed by atoms with E-state index in [2.05, 4.69) is 41.1 Å². The number of likely N-dealkylation sites (tertiary alicyclic amines) is 1. The molecule has 1 fully saturated rings. The van der Waals surface area contributed by atoms with Crippen LogP contribution < -0.4 is 4.74 Å². The molecular weight excluding hydrogens is 400 g/mol. The van der Waals surface area contributed by atoms with Crippen LogP contribution in [0.15, 0.2) is 48.7 Å². The van der Waals surface area contributed by atoms with Crippen LogP contribution in [0.4, 0.5) is 4.79 Å². The van der Waals surface area contributed by atoms with Crippen LogP contribution in [0.3, 0.4) is 0 Å². The highest BCUT2D eigenvalue weighted by molar-refractivity contribution is 5.85. The van der Waals surface area contributed by atoms with E-state index < -0.39 is 6.16 Å². The smallest absolute Gasteiger partial charge is 0.449 e. The number of piperidine rings is 1. The largest absolute Gasteiger partial charge is 0.511 e. The van der Waals surface area contributed by atoms with Crippen molar-refractivity contribution in [2.75, 3.05) is 19.6 Å². The molecule has 170 valence electrons. The number of aryl methyl sites for hydroxylation is 2. The maximum atomic E-state index is 10.8. The maximum absolute atomic E-state index is 10.8. The van der Waals surface area contributed by atoms with Crippen molar-refractivity contribution in [2.45, 2.75) is 51.9 Å². The van der Waals surface area contributed by atoms with E-state index in [9.17, 15) is 4.79 Å². The third-order valence-electron chi connectivity index (χ3n) is 6.67. The molecule has 1 aromatic heterocycles. The second-order valence-corrected chi connectivity index (χ2v) is 9.03. The fourth-order valence-corrected chi connectivity index (χ4v) is 4.94. The Kier molecular flexibility index (Phi) is 7.48. The molecule has 0 aliphatic carbocycles. The normalized spacial score (nSPS) is 17.0.